The van der Waals surface area contributed by atoms with Gasteiger partial charge in [-0.2, -0.15) is 0 Å². The quantitative estimate of drug-likeness (QED) is 0.478. The zero-order valence-corrected chi connectivity index (χ0v) is 15.0. The molecule has 0 radical (unpaired) electrons. The van der Waals surface area contributed by atoms with Gasteiger partial charge in [-0.15, -0.1) is 0 Å². The predicted molar refractivity (Wildman–Crippen MR) is 95.2 cm³/mol. The van der Waals surface area contributed by atoms with Crippen LogP contribution in [-0.4, -0.2) is 46.7 Å². The van der Waals surface area contributed by atoms with Crippen LogP contribution in [0.5, 0.6) is 0 Å². The second-order valence-electron chi connectivity index (χ2n) is 7.36. The first kappa shape index (κ1) is 17.6. The van der Waals surface area contributed by atoms with Crippen LogP contribution in [0.15, 0.2) is 30.3 Å². The van der Waals surface area contributed by atoms with Crippen LogP contribution in [0.4, 0.5) is 4.79 Å². The molecule has 0 aromatic heterocycles. The summed E-state index contributed by atoms with van der Waals surface area (Å²) in [6.45, 7) is 1.69. The van der Waals surface area contributed by atoms with Crippen LogP contribution in [0.1, 0.15) is 55.8 Å². The van der Waals surface area contributed by atoms with Crippen LogP contribution in [-0.2, 0) is 4.79 Å². The first-order chi connectivity index (χ1) is 12.0. The van der Waals surface area contributed by atoms with Crippen LogP contribution < -0.4 is 0 Å². The molecular formula is C20H26N2O3. The molecule has 0 spiro atoms. The lowest BCUT2D eigenvalue weighted by Gasteiger charge is -2.36. The average Bonchev–Trinajstić information content (AvgIpc) is 2.87. The van der Waals surface area contributed by atoms with Gasteiger partial charge in [-0.1, -0.05) is 56.0 Å². The normalized spacial score (nSPS) is 25.4. The highest BCUT2D eigenvalue weighted by molar-refractivity contribution is 6.11. The summed E-state index contributed by atoms with van der Waals surface area (Å²) in [5.74, 6) is -0.273. The Hall–Kier alpha value is -2.17. The maximum absolute atomic E-state index is 13.1. The maximum atomic E-state index is 13.1. The van der Waals surface area contributed by atoms with E-state index < -0.39 is 5.54 Å². The van der Waals surface area contributed by atoms with Gasteiger partial charge >= 0.3 is 6.03 Å². The monoisotopic (exact) mass is 342 g/mol. The number of hydrogen-bond donors (Lipinski definition) is 0. The van der Waals surface area contributed by atoms with Gasteiger partial charge in [0.2, 0.25) is 0 Å². The Morgan fingerprint density at radius 3 is 2.28 bits per heavy atom. The summed E-state index contributed by atoms with van der Waals surface area (Å²) < 4.78 is 0. The number of Topliss-reactive ketones (excluding diaryl/α,β-unsaturated/α-hetero) is 1. The third-order valence-electron chi connectivity index (χ3n) is 5.94. The summed E-state index contributed by atoms with van der Waals surface area (Å²) >= 11 is 0. The molecule has 1 aliphatic heterocycles. The molecule has 1 aromatic rings. The molecular weight excluding hydrogens is 316 g/mol. The number of rotatable bonds is 4. The van der Waals surface area contributed by atoms with Gasteiger partial charge in [-0.3, -0.25) is 14.5 Å². The topological polar surface area (TPSA) is 57.7 Å². The number of imide groups is 1. The van der Waals surface area contributed by atoms with Gasteiger partial charge in [0.15, 0.2) is 5.78 Å². The van der Waals surface area contributed by atoms with E-state index in [1.54, 1.807) is 36.2 Å². The molecule has 1 heterocycles. The molecule has 0 bridgehead atoms. The largest absolute Gasteiger partial charge is 0.327 e. The number of carbonyl (C=O) groups is 3. The maximum Gasteiger partial charge on any atom is 0.327 e. The minimum absolute atomic E-state index is 0.160. The molecule has 0 N–H and O–H groups in total. The fourth-order valence-corrected chi connectivity index (χ4v) is 4.17. The van der Waals surface area contributed by atoms with Crippen LogP contribution in [0.25, 0.3) is 0 Å². The smallest absolute Gasteiger partial charge is 0.313 e. The van der Waals surface area contributed by atoms with Crippen LogP contribution in [0.3, 0.4) is 0 Å². The van der Waals surface area contributed by atoms with E-state index in [1.807, 2.05) is 13.0 Å². The number of hydrogen-bond acceptors (Lipinski definition) is 3. The summed E-state index contributed by atoms with van der Waals surface area (Å²) in [6.07, 6.45) is 6.49. The van der Waals surface area contributed by atoms with Crippen LogP contribution >= 0.6 is 0 Å². The molecule has 1 saturated heterocycles. The van der Waals surface area contributed by atoms with Gasteiger partial charge < -0.3 is 4.90 Å². The second-order valence-corrected chi connectivity index (χ2v) is 7.36. The standard InChI is InChI=1S/C20H26N2O3/c1-20(16-12-8-3-4-9-13-16)18(24)22(19(25)21(20)2)14-17(23)15-10-6-5-7-11-15/h5-7,10-11,16H,3-4,8-9,12-14H2,1-2H3. The SMILES string of the molecule is CN1C(=O)N(CC(=O)c2ccccc2)C(=O)C1(C)C1CCCCCC1. The molecule has 1 unspecified atom stereocenters. The Morgan fingerprint density at radius 2 is 1.68 bits per heavy atom. The zero-order valence-electron chi connectivity index (χ0n) is 15.0. The molecule has 134 valence electrons. The van der Waals surface area contributed by atoms with E-state index in [2.05, 4.69) is 0 Å². The summed E-state index contributed by atoms with van der Waals surface area (Å²) in [6, 6.07) is 8.45. The van der Waals surface area contributed by atoms with Gasteiger partial charge in [0.25, 0.3) is 5.91 Å². The number of benzene rings is 1. The minimum Gasteiger partial charge on any atom is -0.313 e. The molecule has 3 rings (SSSR count). The molecule has 2 aliphatic rings. The van der Waals surface area contributed by atoms with E-state index in [0.717, 1.165) is 30.6 Å². The molecule has 1 saturated carbocycles. The number of urea groups is 1. The first-order valence-electron chi connectivity index (χ1n) is 9.14. The lowest BCUT2D eigenvalue weighted by molar-refractivity contribution is -0.134. The fourth-order valence-electron chi connectivity index (χ4n) is 4.17. The van der Waals surface area contributed by atoms with Crippen molar-refractivity contribution >= 4 is 17.7 Å². The van der Waals surface area contributed by atoms with E-state index in [9.17, 15) is 14.4 Å². The molecule has 1 aromatic carbocycles. The Labute approximate surface area is 149 Å². The van der Waals surface area contributed by atoms with Crippen LogP contribution in [0.2, 0.25) is 0 Å². The number of amides is 3. The van der Waals surface area contributed by atoms with Crippen molar-refractivity contribution in [1.29, 1.82) is 0 Å². The third kappa shape index (κ3) is 3.08. The first-order valence-corrected chi connectivity index (χ1v) is 9.14. The lowest BCUT2D eigenvalue weighted by atomic mass is 9.79. The molecule has 5 nitrogen and oxygen atoms in total. The van der Waals surface area contributed by atoms with Crippen molar-refractivity contribution in [1.82, 2.24) is 9.80 Å². The number of nitrogens with zero attached hydrogens (tertiary/aromatic N) is 2. The highest BCUT2D eigenvalue weighted by atomic mass is 16.2. The number of carbonyl (C=O) groups excluding carboxylic acids is 3. The van der Waals surface area contributed by atoms with Crippen molar-refractivity contribution in [2.45, 2.75) is 51.0 Å². The van der Waals surface area contributed by atoms with Crippen molar-refractivity contribution in [3.8, 4) is 0 Å². The summed E-state index contributed by atoms with van der Waals surface area (Å²) in [5, 5.41) is 0. The van der Waals surface area contributed by atoms with Gasteiger partial charge in [0.05, 0.1) is 6.54 Å². The van der Waals surface area contributed by atoms with Gasteiger partial charge in [0.1, 0.15) is 5.54 Å². The lowest BCUT2D eigenvalue weighted by Crippen LogP contribution is -2.51. The van der Waals surface area contributed by atoms with Gasteiger partial charge in [-0.25, -0.2) is 4.79 Å². The van der Waals surface area contributed by atoms with Crippen molar-refractivity contribution < 1.29 is 14.4 Å². The molecule has 2 fully saturated rings. The van der Waals surface area contributed by atoms with E-state index in [-0.39, 0.29) is 30.2 Å². The van der Waals surface area contributed by atoms with Crippen molar-refractivity contribution in [2.75, 3.05) is 13.6 Å². The Bertz CT molecular complexity index is 665. The van der Waals surface area contributed by atoms with E-state index >= 15 is 0 Å². The predicted octanol–water partition coefficient (Wildman–Crippen LogP) is 3.49. The van der Waals surface area contributed by atoms with E-state index in [0.29, 0.717) is 5.56 Å². The Balaban J connectivity index is 1.81. The van der Waals surface area contributed by atoms with Crippen LogP contribution in [0, 0.1) is 5.92 Å². The molecule has 25 heavy (non-hydrogen) atoms. The second kappa shape index (κ2) is 6.98. The highest BCUT2D eigenvalue weighted by Crippen LogP contribution is 2.40. The molecule has 5 heteroatoms. The average molecular weight is 342 g/mol. The van der Waals surface area contributed by atoms with Gasteiger partial charge in [-0.05, 0) is 25.7 Å². The summed E-state index contributed by atoms with van der Waals surface area (Å²) in [4.78, 5) is 41.0. The molecule has 1 atom stereocenters. The fraction of sp³-hybridized carbons (Fsp3) is 0.550. The number of ketones is 1. The Morgan fingerprint density at radius 1 is 1.08 bits per heavy atom. The molecule has 1 aliphatic carbocycles. The van der Waals surface area contributed by atoms with E-state index in [1.165, 1.54) is 12.8 Å². The Kier molecular flexibility index (Phi) is 4.93. The zero-order chi connectivity index (χ0) is 18.0. The third-order valence-corrected chi connectivity index (χ3v) is 5.94. The highest BCUT2D eigenvalue weighted by Gasteiger charge is 2.56. The number of likely N-dealkylation sites (N-methyl/N-ethyl adjacent to an activating group) is 1. The van der Waals surface area contributed by atoms with Crippen molar-refractivity contribution in [3.63, 3.8) is 0 Å². The molecule has 3 amide bonds. The van der Waals surface area contributed by atoms with Crippen molar-refractivity contribution in [3.05, 3.63) is 35.9 Å². The minimum atomic E-state index is -0.835. The van der Waals surface area contributed by atoms with Crippen molar-refractivity contribution in [2.24, 2.45) is 5.92 Å². The van der Waals surface area contributed by atoms with E-state index in [4.69, 9.17) is 0 Å². The summed E-state index contributed by atoms with van der Waals surface area (Å²) in [7, 11) is 1.69. The van der Waals surface area contributed by atoms with Gasteiger partial charge in [0, 0.05) is 12.6 Å². The summed E-state index contributed by atoms with van der Waals surface area (Å²) in [5.41, 5.74) is -0.313.